The van der Waals surface area contributed by atoms with Gasteiger partial charge in [-0.15, -0.1) is 0 Å². The molecule has 0 amide bonds. The fraction of sp³-hybridized carbons (Fsp3) is 0.562. The Balaban J connectivity index is 2.67. The number of carboxylic acid groups (broad SMARTS) is 1. The molecule has 0 radical (unpaired) electrons. The second kappa shape index (κ2) is 7.53. The van der Waals surface area contributed by atoms with Crippen molar-refractivity contribution in [3.8, 4) is 0 Å². The molecule has 0 aliphatic carbocycles. The number of aromatic carboxylic acids is 1. The van der Waals surface area contributed by atoms with Gasteiger partial charge in [0.2, 0.25) is 0 Å². The average Bonchev–Trinajstić information content (AvgIpc) is 2.37. The summed E-state index contributed by atoms with van der Waals surface area (Å²) in [6.45, 7) is 7.34. The van der Waals surface area contributed by atoms with Gasteiger partial charge in [-0.05, 0) is 30.0 Å². The molecule has 1 rings (SSSR count). The third-order valence-electron chi connectivity index (χ3n) is 3.43. The number of benzene rings is 1. The minimum Gasteiger partial charge on any atom is -0.478 e. The molecule has 0 unspecified atom stereocenters. The normalized spacial score (nSPS) is 11.4. The maximum Gasteiger partial charge on any atom is 0.337 e. The Morgan fingerprint density at radius 2 is 2.05 bits per heavy atom. The summed E-state index contributed by atoms with van der Waals surface area (Å²) < 4.78 is 0. The van der Waals surface area contributed by atoms with Gasteiger partial charge in [0.05, 0.1) is 5.56 Å². The van der Waals surface area contributed by atoms with Gasteiger partial charge in [-0.25, -0.2) is 4.79 Å². The summed E-state index contributed by atoms with van der Waals surface area (Å²) in [6, 6.07) is 4.92. The molecule has 0 aliphatic rings. The molecule has 0 aliphatic heterocycles. The van der Waals surface area contributed by atoms with Crippen molar-refractivity contribution in [1.82, 2.24) is 0 Å². The summed E-state index contributed by atoms with van der Waals surface area (Å²) in [5, 5.41) is 12.9. The largest absolute Gasteiger partial charge is 0.478 e. The van der Waals surface area contributed by atoms with E-state index in [9.17, 15) is 9.90 Å². The Bertz CT molecular complexity index is 458. The van der Waals surface area contributed by atoms with Crippen LogP contribution in [0.5, 0.6) is 0 Å². The van der Waals surface area contributed by atoms with Crippen molar-refractivity contribution in [3.63, 3.8) is 0 Å². The summed E-state index contributed by atoms with van der Waals surface area (Å²) in [5.41, 5.74) is 0.997. The molecule has 0 spiro atoms. The molecule has 4 heteroatoms. The molecular weight excluding hydrogens is 274 g/mol. The van der Waals surface area contributed by atoms with Crippen LogP contribution in [0.2, 0.25) is 5.02 Å². The molecule has 20 heavy (non-hydrogen) atoms. The first-order chi connectivity index (χ1) is 9.35. The summed E-state index contributed by atoms with van der Waals surface area (Å²) in [6.07, 6.45) is 4.79. The van der Waals surface area contributed by atoms with Gasteiger partial charge in [0.25, 0.3) is 0 Å². The van der Waals surface area contributed by atoms with Gasteiger partial charge >= 0.3 is 5.97 Å². The Labute approximate surface area is 126 Å². The second-order valence-electron chi connectivity index (χ2n) is 5.97. The first-order valence-electron chi connectivity index (χ1n) is 7.12. The summed E-state index contributed by atoms with van der Waals surface area (Å²) in [7, 11) is 0. The molecule has 2 N–H and O–H groups in total. The van der Waals surface area contributed by atoms with Crippen molar-refractivity contribution in [2.75, 3.05) is 11.9 Å². The van der Waals surface area contributed by atoms with Crippen LogP contribution in [0, 0.1) is 5.41 Å². The predicted octanol–water partition coefficient (Wildman–Crippen LogP) is 5.06. The fourth-order valence-electron chi connectivity index (χ4n) is 2.12. The number of halogens is 1. The molecule has 1 aromatic rings. The Morgan fingerprint density at radius 1 is 1.35 bits per heavy atom. The molecule has 0 saturated carbocycles. The lowest BCUT2D eigenvalue weighted by Crippen LogP contribution is -2.23. The maximum atomic E-state index is 11.2. The molecule has 112 valence electrons. The predicted molar refractivity (Wildman–Crippen MR) is 84.8 cm³/mol. The highest BCUT2D eigenvalue weighted by Gasteiger charge is 2.18. The van der Waals surface area contributed by atoms with Crippen LogP contribution in [-0.4, -0.2) is 17.6 Å². The van der Waals surface area contributed by atoms with Gasteiger partial charge in [-0.1, -0.05) is 51.6 Å². The first kappa shape index (κ1) is 16.8. The zero-order chi connectivity index (χ0) is 15.2. The summed E-state index contributed by atoms with van der Waals surface area (Å²) >= 11 is 5.84. The minimum atomic E-state index is -0.959. The molecule has 0 aromatic heterocycles. The Kier molecular flexibility index (Phi) is 6.34. The molecule has 0 atom stereocenters. The summed E-state index contributed by atoms with van der Waals surface area (Å²) in [5.74, 6) is -0.959. The molecule has 0 heterocycles. The van der Waals surface area contributed by atoms with Gasteiger partial charge in [0.15, 0.2) is 0 Å². The standard InChI is InChI=1S/C16H24ClNO2/c1-4-5-6-9-16(2,3)11-18-14-8-7-12(17)10-13(14)15(19)20/h7-8,10,18H,4-6,9,11H2,1-3H3,(H,19,20). The SMILES string of the molecule is CCCCCC(C)(C)CNc1ccc(Cl)cc1C(=O)O. The van der Waals surface area contributed by atoms with E-state index in [-0.39, 0.29) is 11.0 Å². The van der Waals surface area contributed by atoms with Crippen LogP contribution in [0.1, 0.15) is 56.8 Å². The van der Waals surface area contributed by atoms with Gasteiger partial charge in [-0.2, -0.15) is 0 Å². The van der Waals surface area contributed by atoms with Crippen LogP contribution in [0.15, 0.2) is 18.2 Å². The van der Waals surface area contributed by atoms with E-state index in [0.717, 1.165) is 13.0 Å². The van der Waals surface area contributed by atoms with E-state index in [1.165, 1.54) is 25.3 Å². The number of carboxylic acids is 1. The highest BCUT2D eigenvalue weighted by Crippen LogP contribution is 2.26. The molecular formula is C16H24ClNO2. The topological polar surface area (TPSA) is 49.3 Å². The lowest BCUT2D eigenvalue weighted by atomic mass is 9.86. The minimum absolute atomic E-state index is 0.143. The van der Waals surface area contributed by atoms with E-state index in [1.807, 2.05) is 0 Å². The Hall–Kier alpha value is -1.22. The van der Waals surface area contributed by atoms with E-state index >= 15 is 0 Å². The fourth-order valence-corrected chi connectivity index (χ4v) is 2.30. The highest BCUT2D eigenvalue weighted by atomic mass is 35.5. The van der Waals surface area contributed by atoms with E-state index in [1.54, 1.807) is 12.1 Å². The van der Waals surface area contributed by atoms with Crippen molar-refractivity contribution in [2.24, 2.45) is 5.41 Å². The van der Waals surface area contributed by atoms with Crippen LogP contribution in [0.3, 0.4) is 0 Å². The van der Waals surface area contributed by atoms with Gasteiger partial charge < -0.3 is 10.4 Å². The smallest absolute Gasteiger partial charge is 0.337 e. The van der Waals surface area contributed by atoms with Crippen LogP contribution in [-0.2, 0) is 0 Å². The lowest BCUT2D eigenvalue weighted by molar-refractivity contribution is 0.0698. The van der Waals surface area contributed by atoms with E-state index in [4.69, 9.17) is 11.6 Å². The average molecular weight is 298 g/mol. The molecule has 0 fully saturated rings. The molecule has 0 bridgehead atoms. The van der Waals surface area contributed by atoms with Crippen LogP contribution < -0.4 is 5.32 Å². The number of nitrogens with one attached hydrogen (secondary N) is 1. The first-order valence-corrected chi connectivity index (χ1v) is 7.50. The van der Waals surface area contributed by atoms with Crippen LogP contribution >= 0.6 is 11.6 Å². The van der Waals surface area contributed by atoms with Gasteiger partial charge in [-0.3, -0.25) is 0 Å². The number of carbonyl (C=O) groups is 1. The Morgan fingerprint density at radius 3 is 2.65 bits per heavy atom. The van der Waals surface area contributed by atoms with Crippen molar-refractivity contribution < 1.29 is 9.90 Å². The number of hydrogen-bond donors (Lipinski definition) is 2. The molecule has 0 saturated heterocycles. The van der Waals surface area contributed by atoms with Crippen LogP contribution in [0.25, 0.3) is 0 Å². The zero-order valence-electron chi connectivity index (χ0n) is 12.5. The monoisotopic (exact) mass is 297 g/mol. The second-order valence-corrected chi connectivity index (χ2v) is 6.41. The van der Waals surface area contributed by atoms with Crippen molar-refractivity contribution in [2.45, 2.75) is 46.5 Å². The van der Waals surface area contributed by atoms with Crippen molar-refractivity contribution in [1.29, 1.82) is 0 Å². The van der Waals surface area contributed by atoms with Gasteiger partial charge in [0.1, 0.15) is 0 Å². The van der Waals surface area contributed by atoms with Gasteiger partial charge in [0, 0.05) is 17.3 Å². The zero-order valence-corrected chi connectivity index (χ0v) is 13.3. The number of hydrogen-bond acceptors (Lipinski definition) is 2. The van der Waals surface area contributed by atoms with Crippen molar-refractivity contribution in [3.05, 3.63) is 28.8 Å². The number of unbranched alkanes of at least 4 members (excludes halogenated alkanes) is 2. The number of anilines is 1. The van der Waals surface area contributed by atoms with E-state index < -0.39 is 5.97 Å². The molecule has 1 aromatic carbocycles. The number of rotatable bonds is 8. The summed E-state index contributed by atoms with van der Waals surface area (Å²) in [4.78, 5) is 11.2. The van der Waals surface area contributed by atoms with Crippen molar-refractivity contribution >= 4 is 23.3 Å². The van der Waals surface area contributed by atoms with E-state index in [0.29, 0.717) is 10.7 Å². The third kappa shape index (κ3) is 5.41. The van der Waals surface area contributed by atoms with Crippen LogP contribution in [0.4, 0.5) is 5.69 Å². The highest BCUT2D eigenvalue weighted by molar-refractivity contribution is 6.31. The molecule has 3 nitrogen and oxygen atoms in total. The van der Waals surface area contributed by atoms with E-state index in [2.05, 4.69) is 26.1 Å². The maximum absolute atomic E-state index is 11.2. The quantitative estimate of drug-likeness (QED) is 0.660. The third-order valence-corrected chi connectivity index (χ3v) is 3.66. The lowest BCUT2D eigenvalue weighted by Gasteiger charge is -2.26.